The molecule has 4 nitrogen and oxygen atoms in total. The summed E-state index contributed by atoms with van der Waals surface area (Å²) in [5.74, 6) is 2.63. The van der Waals surface area contributed by atoms with Crippen LogP contribution in [0.5, 0.6) is 0 Å². The Morgan fingerprint density at radius 1 is 1.38 bits per heavy atom. The van der Waals surface area contributed by atoms with Crippen LogP contribution in [0.3, 0.4) is 0 Å². The normalized spacial score (nSPS) is 18.6. The molecule has 7 heteroatoms. The van der Waals surface area contributed by atoms with Crippen LogP contribution in [0.1, 0.15) is 20.8 Å². The molecular formula is C17H28IN3OS2. The standard InChI is InChI=1S/C17H27N3OS2.HI/c1-4-18-16(20-11-12-22-17(2,3)14-20)19-10-13-23(21)15-8-6-5-7-9-15;/h5-9H,4,10-14H2,1-3H3,(H,18,19);1H. The summed E-state index contributed by atoms with van der Waals surface area (Å²) in [6.45, 7) is 10.1. The highest BCUT2D eigenvalue weighted by Crippen LogP contribution is 2.29. The molecule has 1 N–H and O–H groups in total. The van der Waals surface area contributed by atoms with Crippen LogP contribution in [0.4, 0.5) is 0 Å². The number of benzene rings is 1. The van der Waals surface area contributed by atoms with Crippen LogP contribution in [-0.4, -0.2) is 57.5 Å². The molecule has 1 aliphatic heterocycles. The number of thioether (sulfide) groups is 1. The Morgan fingerprint density at radius 2 is 2.08 bits per heavy atom. The zero-order chi connectivity index (χ0) is 16.7. The van der Waals surface area contributed by atoms with Gasteiger partial charge in [-0.1, -0.05) is 18.2 Å². The average molecular weight is 481 g/mol. The topological polar surface area (TPSA) is 44.7 Å². The highest BCUT2D eigenvalue weighted by Gasteiger charge is 2.28. The van der Waals surface area contributed by atoms with Crippen LogP contribution in [0.15, 0.2) is 40.2 Å². The van der Waals surface area contributed by atoms with Gasteiger partial charge in [-0.05, 0) is 32.9 Å². The maximum Gasteiger partial charge on any atom is 0.194 e. The van der Waals surface area contributed by atoms with Gasteiger partial charge in [0.15, 0.2) is 5.96 Å². The van der Waals surface area contributed by atoms with Crippen LogP contribution in [0, 0.1) is 0 Å². The van der Waals surface area contributed by atoms with Crippen molar-refractivity contribution in [3.05, 3.63) is 30.3 Å². The van der Waals surface area contributed by atoms with Gasteiger partial charge in [0.05, 0.1) is 17.3 Å². The van der Waals surface area contributed by atoms with Gasteiger partial charge < -0.3 is 10.2 Å². The van der Waals surface area contributed by atoms with E-state index in [0.29, 0.717) is 12.3 Å². The second-order valence-corrected chi connectivity index (χ2v) is 9.50. The molecule has 0 saturated carbocycles. The molecule has 0 bridgehead atoms. The lowest BCUT2D eigenvalue weighted by molar-refractivity contribution is 0.376. The number of hydrogen-bond acceptors (Lipinski definition) is 3. The van der Waals surface area contributed by atoms with Gasteiger partial charge >= 0.3 is 0 Å². The van der Waals surface area contributed by atoms with Crippen molar-refractivity contribution in [2.45, 2.75) is 30.4 Å². The molecular weight excluding hydrogens is 453 g/mol. The van der Waals surface area contributed by atoms with Crippen LogP contribution in [0.25, 0.3) is 0 Å². The lowest BCUT2D eigenvalue weighted by atomic mass is 10.2. The average Bonchev–Trinajstić information content (AvgIpc) is 2.54. The number of nitrogens with zero attached hydrogens (tertiary/aromatic N) is 2. The van der Waals surface area contributed by atoms with Crippen molar-refractivity contribution in [3.63, 3.8) is 0 Å². The SMILES string of the molecule is CCNC(=NCCS(=O)c1ccccc1)N1CCSC(C)(C)C1.I. The molecule has 0 aromatic heterocycles. The van der Waals surface area contributed by atoms with Gasteiger partial charge in [-0.3, -0.25) is 9.20 Å². The quantitative estimate of drug-likeness (QED) is 0.399. The summed E-state index contributed by atoms with van der Waals surface area (Å²) in [5, 5.41) is 3.37. The third kappa shape index (κ3) is 6.92. The first-order chi connectivity index (χ1) is 11.0. The van der Waals surface area contributed by atoms with Gasteiger partial charge in [0, 0.05) is 40.8 Å². The fraction of sp³-hybridized carbons (Fsp3) is 0.588. The molecule has 1 fully saturated rings. The van der Waals surface area contributed by atoms with E-state index in [9.17, 15) is 4.21 Å². The second kappa shape index (κ2) is 10.7. The highest BCUT2D eigenvalue weighted by molar-refractivity contribution is 14.0. The Labute approximate surface area is 169 Å². The predicted molar refractivity (Wildman–Crippen MR) is 117 cm³/mol. The molecule has 1 saturated heterocycles. The summed E-state index contributed by atoms with van der Waals surface area (Å²) in [7, 11) is -0.981. The lowest BCUT2D eigenvalue weighted by Crippen LogP contribution is -2.51. The molecule has 136 valence electrons. The number of halogens is 1. The van der Waals surface area contributed by atoms with Crippen molar-refractivity contribution in [3.8, 4) is 0 Å². The van der Waals surface area contributed by atoms with Crippen molar-refractivity contribution in [2.24, 2.45) is 4.99 Å². The van der Waals surface area contributed by atoms with Gasteiger partial charge in [0.2, 0.25) is 0 Å². The summed E-state index contributed by atoms with van der Waals surface area (Å²) >= 11 is 2.01. The summed E-state index contributed by atoms with van der Waals surface area (Å²) in [6, 6.07) is 9.62. The molecule has 1 aromatic rings. The molecule has 1 aliphatic rings. The van der Waals surface area contributed by atoms with Gasteiger partial charge in [-0.25, -0.2) is 0 Å². The van der Waals surface area contributed by atoms with E-state index in [2.05, 4.69) is 31.0 Å². The minimum Gasteiger partial charge on any atom is -0.357 e. The largest absolute Gasteiger partial charge is 0.357 e. The van der Waals surface area contributed by atoms with E-state index < -0.39 is 10.8 Å². The van der Waals surface area contributed by atoms with Crippen molar-refractivity contribution in [1.29, 1.82) is 0 Å². The number of aliphatic imine (C=N–C) groups is 1. The predicted octanol–water partition coefficient (Wildman–Crippen LogP) is 3.21. The first-order valence-corrected chi connectivity index (χ1v) is 10.4. The Kier molecular flexibility index (Phi) is 9.66. The summed E-state index contributed by atoms with van der Waals surface area (Å²) in [6.07, 6.45) is 0. The van der Waals surface area contributed by atoms with E-state index >= 15 is 0 Å². The molecule has 0 spiro atoms. The Bertz CT molecular complexity index is 552. The minimum absolute atomic E-state index is 0. The molecule has 0 aliphatic carbocycles. The van der Waals surface area contributed by atoms with Gasteiger partial charge in [-0.15, -0.1) is 24.0 Å². The van der Waals surface area contributed by atoms with E-state index in [1.807, 2.05) is 42.1 Å². The van der Waals surface area contributed by atoms with Crippen LogP contribution in [0.2, 0.25) is 0 Å². The van der Waals surface area contributed by atoms with Crippen molar-refractivity contribution >= 4 is 52.5 Å². The van der Waals surface area contributed by atoms with E-state index in [0.717, 1.165) is 36.2 Å². The Morgan fingerprint density at radius 3 is 2.71 bits per heavy atom. The lowest BCUT2D eigenvalue weighted by Gasteiger charge is -2.39. The molecule has 0 radical (unpaired) electrons. The van der Waals surface area contributed by atoms with E-state index in [1.54, 1.807) is 0 Å². The van der Waals surface area contributed by atoms with Crippen molar-refractivity contribution < 1.29 is 4.21 Å². The fourth-order valence-corrected chi connectivity index (χ4v) is 4.61. The molecule has 1 unspecified atom stereocenters. The zero-order valence-corrected chi connectivity index (χ0v) is 18.6. The third-order valence-electron chi connectivity index (χ3n) is 3.60. The zero-order valence-electron chi connectivity index (χ0n) is 14.7. The van der Waals surface area contributed by atoms with Crippen molar-refractivity contribution in [1.82, 2.24) is 10.2 Å². The molecule has 1 atom stereocenters. The number of guanidine groups is 1. The van der Waals surface area contributed by atoms with Gasteiger partial charge in [-0.2, -0.15) is 11.8 Å². The van der Waals surface area contributed by atoms with E-state index in [1.165, 1.54) is 0 Å². The molecule has 1 aromatic carbocycles. The smallest absolute Gasteiger partial charge is 0.194 e. The fourth-order valence-electron chi connectivity index (χ4n) is 2.55. The Hall–Kier alpha value is -0.280. The number of hydrogen-bond donors (Lipinski definition) is 1. The second-order valence-electron chi connectivity index (χ2n) is 6.13. The summed E-state index contributed by atoms with van der Waals surface area (Å²) < 4.78 is 12.5. The Balaban J connectivity index is 0.00000288. The molecule has 24 heavy (non-hydrogen) atoms. The first kappa shape index (κ1) is 21.8. The summed E-state index contributed by atoms with van der Waals surface area (Å²) in [4.78, 5) is 7.90. The maximum absolute atomic E-state index is 12.3. The monoisotopic (exact) mass is 481 g/mol. The molecule has 0 amide bonds. The summed E-state index contributed by atoms with van der Waals surface area (Å²) in [5.41, 5.74) is 0. The minimum atomic E-state index is -0.981. The molecule has 2 rings (SSSR count). The first-order valence-electron chi connectivity index (χ1n) is 8.12. The third-order valence-corrected chi connectivity index (χ3v) is 6.25. The van der Waals surface area contributed by atoms with Crippen LogP contribution >= 0.6 is 35.7 Å². The highest BCUT2D eigenvalue weighted by atomic mass is 127. The maximum atomic E-state index is 12.3. The van der Waals surface area contributed by atoms with Crippen LogP contribution < -0.4 is 5.32 Å². The molecule has 1 heterocycles. The van der Waals surface area contributed by atoms with E-state index in [4.69, 9.17) is 4.99 Å². The number of rotatable bonds is 5. The van der Waals surface area contributed by atoms with Crippen molar-refractivity contribution in [2.75, 3.05) is 37.7 Å². The van der Waals surface area contributed by atoms with Crippen LogP contribution in [-0.2, 0) is 10.8 Å². The number of nitrogens with one attached hydrogen (secondary N) is 1. The van der Waals surface area contributed by atoms with E-state index in [-0.39, 0.29) is 28.7 Å². The van der Waals surface area contributed by atoms with Gasteiger partial charge in [0.25, 0.3) is 0 Å². The van der Waals surface area contributed by atoms with Gasteiger partial charge in [0.1, 0.15) is 0 Å².